The number of nitrogens with zero attached hydrogens (tertiary/aromatic N) is 2. The van der Waals surface area contributed by atoms with Gasteiger partial charge in [0.15, 0.2) is 0 Å². The number of rotatable bonds is 5. The largest absolute Gasteiger partial charge is 0.327 e. The Morgan fingerprint density at radius 2 is 2.14 bits per heavy atom. The molecule has 0 radical (unpaired) electrons. The summed E-state index contributed by atoms with van der Waals surface area (Å²) >= 11 is 9.34. The lowest BCUT2D eigenvalue weighted by atomic mass is 10.0. The van der Waals surface area contributed by atoms with Gasteiger partial charge in [0.2, 0.25) is 0 Å². The maximum Gasteiger partial charge on any atom is 0.145 e. The van der Waals surface area contributed by atoms with Crippen LogP contribution in [0.1, 0.15) is 23.9 Å². The van der Waals surface area contributed by atoms with Crippen molar-refractivity contribution in [3.05, 3.63) is 50.5 Å². The van der Waals surface area contributed by atoms with E-state index in [-0.39, 0.29) is 16.9 Å². The fourth-order valence-corrected chi connectivity index (χ4v) is 3.01. The Kier molecular flexibility index (Phi) is 5.41. The molecule has 1 aromatic heterocycles. The van der Waals surface area contributed by atoms with E-state index in [1.54, 1.807) is 12.1 Å². The Balaban J connectivity index is 2.15. The van der Waals surface area contributed by atoms with Crippen LogP contribution >= 0.6 is 27.5 Å². The molecule has 0 spiro atoms. The highest BCUT2D eigenvalue weighted by Gasteiger charge is 2.17. The zero-order chi connectivity index (χ0) is 15.6. The quantitative estimate of drug-likeness (QED) is 0.863. The van der Waals surface area contributed by atoms with Crippen LogP contribution in [0.4, 0.5) is 4.39 Å². The fourth-order valence-electron chi connectivity index (χ4n) is 2.37. The van der Waals surface area contributed by atoms with Crippen LogP contribution < -0.4 is 5.73 Å². The van der Waals surface area contributed by atoms with Crippen molar-refractivity contribution in [1.82, 2.24) is 9.78 Å². The molecule has 0 aliphatic rings. The lowest BCUT2D eigenvalue weighted by Crippen LogP contribution is -2.27. The van der Waals surface area contributed by atoms with E-state index in [4.69, 9.17) is 17.3 Å². The molecule has 2 N–H and O–H groups in total. The van der Waals surface area contributed by atoms with E-state index in [9.17, 15) is 4.39 Å². The summed E-state index contributed by atoms with van der Waals surface area (Å²) in [5.74, 6) is -0.381. The maximum absolute atomic E-state index is 13.9. The summed E-state index contributed by atoms with van der Waals surface area (Å²) < 4.78 is 16.8. The van der Waals surface area contributed by atoms with Crippen LogP contribution in [0.3, 0.4) is 0 Å². The highest BCUT2D eigenvalue weighted by atomic mass is 79.9. The molecular weight excluding hydrogens is 357 g/mol. The molecule has 0 saturated heterocycles. The van der Waals surface area contributed by atoms with Gasteiger partial charge in [0.05, 0.1) is 20.9 Å². The molecule has 0 bridgehead atoms. The SMILES string of the molecule is CCn1nc(C)c(Br)c1CC(N)Cc1cccc(Cl)c1F. The molecule has 2 aromatic rings. The van der Waals surface area contributed by atoms with Crippen molar-refractivity contribution in [3.63, 3.8) is 0 Å². The Bertz CT molecular complexity index is 642. The molecule has 0 aliphatic carbocycles. The Hall–Kier alpha value is -0.910. The predicted octanol–water partition coefficient (Wildman–Crippen LogP) is 3.88. The third-order valence-electron chi connectivity index (χ3n) is 3.42. The molecule has 0 saturated carbocycles. The van der Waals surface area contributed by atoms with Gasteiger partial charge in [-0.25, -0.2) is 4.39 Å². The molecule has 1 unspecified atom stereocenters. The second-order valence-corrected chi connectivity index (χ2v) is 6.24. The van der Waals surface area contributed by atoms with E-state index in [1.807, 2.05) is 18.5 Å². The topological polar surface area (TPSA) is 43.8 Å². The van der Waals surface area contributed by atoms with Gasteiger partial charge in [-0.1, -0.05) is 23.7 Å². The summed E-state index contributed by atoms with van der Waals surface area (Å²) in [5.41, 5.74) is 8.72. The van der Waals surface area contributed by atoms with Crippen LogP contribution in [0.5, 0.6) is 0 Å². The van der Waals surface area contributed by atoms with Crippen molar-refractivity contribution >= 4 is 27.5 Å². The number of hydrogen-bond donors (Lipinski definition) is 1. The molecule has 1 aromatic carbocycles. The number of aromatic nitrogens is 2. The van der Waals surface area contributed by atoms with Gasteiger partial charge in [-0.2, -0.15) is 5.10 Å². The summed E-state index contributed by atoms with van der Waals surface area (Å²) in [5, 5.41) is 4.57. The van der Waals surface area contributed by atoms with Gasteiger partial charge in [-0.05, 0) is 47.8 Å². The number of hydrogen-bond acceptors (Lipinski definition) is 2. The standard InChI is InChI=1S/C15H18BrClFN3/c1-3-21-13(14(16)9(2)20-21)8-11(19)7-10-5-4-6-12(17)15(10)18/h4-6,11H,3,7-8,19H2,1-2H3. The van der Waals surface area contributed by atoms with Crippen molar-refractivity contribution in [2.45, 2.75) is 39.3 Å². The summed E-state index contributed by atoms with van der Waals surface area (Å²) in [6.07, 6.45) is 1.06. The third-order valence-corrected chi connectivity index (χ3v) is 4.75. The smallest absolute Gasteiger partial charge is 0.145 e. The van der Waals surface area contributed by atoms with Crippen LogP contribution in [0.15, 0.2) is 22.7 Å². The summed E-state index contributed by atoms with van der Waals surface area (Å²) in [7, 11) is 0. The minimum atomic E-state index is -0.381. The highest BCUT2D eigenvalue weighted by Crippen LogP contribution is 2.24. The third kappa shape index (κ3) is 3.65. The van der Waals surface area contributed by atoms with Gasteiger partial charge < -0.3 is 5.73 Å². The van der Waals surface area contributed by atoms with Crippen molar-refractivity contribution in [2.75, 3.05) is 0 Å². The number of benzene rings is 1. The normalized spacial score (nSPS) is 12.7. The number of halogens is 3. The molecule has 1 atom stereocenters. The minimum absolute atomic E-state index is 0.135. The lowest BCUT2D eigenvalue weighted by Gasteiger charge is -2.14. The van der Waals surface area contributed by atoms with Crippen molar-refractivity contribution < 1.29 is 4.39 Å². The average molecular weight is 375 g/mol. The van der Waals surface area contributed by atoms with Crippen LogP contribution in [-0.4, -0.2) is 15.8 Å². The number of aryl methyl sites for hydroxylation is 2. The summed E-state index contributed by atoms with van der Waals surface area (Å²) in [6, 6.07) is 4.80. The molecule has 1 heterocycles. The van der Waals surface area contributed by atoms with E-state index in [0.717, 1.165) is 22.4 Å². The van der Waals surface area contributed by atoms with E-state index in [2.05, 4.69) is 21.0 Å². The lowest BCUT2D eigenvalue weighted by molar-refractivity contribution is 0.555. The zero-order valence-corrected chi connectivity index (χ0v) is 14.4. The molecule has 0 fully saturated rings. The van der Waals surface area contributed by atoms with Gasteiger partial charge in [-0.15, -0.1) is 0 Å². The van der Waals surface area contributed by atoms with Gasteiger partial charge in [-0.3, -0.25) is 4.68 Å². The van der Waals surface area contributed by atoms with E-state index in [0.29, 0.717) is 18.4 Å². The molecule has 6 heteroatoms. The first kappa shape index (κ1) is 16.5. The Morgan fingerprint density at radius 1 is 1.43 bits per heavy atom. The van der Waals surface area contributed by atoms with Crippen LogP contribution in [0.25, 0.3) is 0 Å². The second-order valence-electron chi connectivity index (χ2n) is 5.04. The van der Waals surface area contributed by atoms with Gasteiger partial charge in [0.25, 0.3) is 0 Å². The zero-order valence-electron chi connectivity index (χ0n) is 12.0. The van der Waals surface area contributed by atoms with Crippen molar-refractivity contribution in [2.24, 2.45) is 5.73 Å². The van der Waals surface area contributed by atoms with Gasteiger partial charge in [0, 0.05) is 19.0 Å². The monoisotopic (exact) mass is 373 g/mol. The van der Waals surface area contributed by atoms with Gasteiger partial charge >= 0.3 is 0 Å². The number of nitrogens with two attached hydrogens (primary N) is 1. The first-order valence-electron chi connectivity index (χ1n) is 6.84. The van der Waals surface area contributed by atoms with Crippen LogP contribution in [0, 0.1) is 12.7 Å². The average Bonchev–Trinajstić information content (AvgIpc) is 2.71. The first-order chi connectivity index (χ1) is 9.93. The van der Waals surface area contributed by atoms with Gasteiger partial charge in [0.1, 0.15) is 5.82 Å². The maximum atomic E-state index is 13.9. The summed E-state index contributed by atoms with van der Waals surface area (Å²) in [4.78, 5) is 0. The molecule has 114 valence electrons. The minimum Gasteiger partial charge on any atom is -0.327 e. The molecule has 0 aliphatic heterocycles. The molecular formula is C15H18BrClFN3. The molecule has 3 nitrogen and oxygen atoms in total. The Labute approximate surface area is 137 Å². The van der Waals surface area contributed by atoms with E-state index < -0.39 is 0 Å². The molecule has 2 rings (SSSR count). The van der Waals surface area contributed by atoms with Crippen LogP contribution in [0.2, 0.25) is 5.02 Å². The predicted molar refractivity (Wildman–Crippen MR) is 87.1 cm³/mol. The Morgan fingerprint density at radius 3 is 2.81 bits per heavy atom. The van der Waals surface area contributed by atoms with Crippen molar-refractivity contribution in [3.8, 4) is 0 Å². The molecule has 21 heavy (non-hydrogen) atoms. The molecule has 0 amide bonds. The fraction of sp³-hybridized carbons (Fsp3) is 0.400. The van der Waals surface area contributed by atoms with E-state index in [1.165, 1.54) is 6.07 Å². The first-order valence-corrected chi connectivity index (χ1v) is 8.01. The summed E-state index contributed by atoms with van der Waals surface area (Å²) in [6.45, 7) is 4.76. The van der Waals surface area contributed by atoms with Crippen molar-refractivity contribution in [1.29, 1.82) is 0 Å². The second kappa shape index (κ2) is 6.90. The highest BCUT2D eigenvalue weighted by molar-refractivity contribution is 9.10. The van der Waals surface area contributed by atoms with E-state index >= 15 is 0 Å². The van der Waals surface area contributed by atoms with Crippen LogP contribution in [-0.2, 0) is 19.4 Å².